The van der Waals surface area contributed by atoms with E-state index < -0.39 is 6.09 Å². The van der Waals surface area contributed by atoms with E-state index >= 15 is 0 Å². The molecule has 0 unspecified atom stereocenters. The average molecular weight is 329 g/mol. The number of amides is 1. The summed E-state index contributed by atoms with van der Waals surface area (Å²) in [5, 5.41) is 0. The molecule has 0 heterocycles. The zero-order chi connectivity index (χ0) is 17.6. The Labute approximate surface area is 148 Å². The van der Waals surface area contributed by atoms with Crippen molar-refractivity contribution < 1.29 is 9.53 Å². The first-order valence-electron chi connectivity index (χ1n) is 8.19. The lowest BCUT2D eigenvalue weighted by molar-refractivity contribution is 0.108. The molecule has 2 aromatic carbocycles. The maximum Gasteiger partial charge on any atom is 0.411 e. The molecule has 25 heavy (non-hydrogen) atoms. The van der Waals surface area contributed by atoms with Gasteiger partial charge in [0.25, 0.3) is 0 Å². The van der Waals surface area contributed by atoms with E-state index in [0.717, 1.165) is 0 Å². The highest BCUT2D eigenvalue weighted by atomic mass is 16.6. The van der Waals surface area contributed by atoms with Gasteiger partial charge in [-0.05, 0) is 29.2 Å². The Morgan fingerprint density at radius 2 is 1.68 bits per heavy atom. The second kappa shape index (κ2) is 7.60. The number of carbonyl (C=O) groups excluding carboxylic acids is 1. The maximum atomic E-state index is 12.4. The van der Waals surface area contributed by atoms with Gasteiger partial charge in [0.05, 0.1) is 13.1 Å². The fourth-order valence-electron chi connectivity index (χ4n) is 3.15. The molecule has 1 aliphatic carbocycles. The Hall–Kier alpha value is -3.17. The smallest absolute Gasteiger partial charge is 0.411 e. The molecule has 2 aromatic rings. The van der Waals surface area contributed by atoms with Gasteiger partial charge in [0.1, 0.15) is 6.61 Å². The minimum Gasteiger partial charge on any atom is -0.448 e. The molecule has 3 rings (SSSR count). The van der Waals surface area contributed by atoms with Crippen molar-refractivity contribution in [2.24, 2.45) is 0 Å². The highest BCUT2D eigenvalue weighted by Crippen LogP contribution is 2.44. The van der Waals surface area contributed by atoms with Crippen molar-refractivity contribution in [2.45, 2.75) is 12.8 Å². The summed E-state index contributed by atoms with van der Waals surface area (Å²) in [6.07, 6.45) is 4.91. The van der Waals surface area contributed by atoms with Crippen molar-refractivity contribution in [3.8, 4) is 35.3 Å². The van der Waals surface area contributed by atoms with Gasteiger partial charge >= 0.3 is 6.09 Å². The Morgan fingerprint density at radius 3 is 2.24 bits per heavy atom. The zero-order valence-electron chi connectivity index (χ0n) is 14.2. The van der Waals surface area contributed by atoms with Crippen LogP contribution in [0, 0.1) is 24.2 Å². The van der Waals surface area contributed by atoms with Crippen molar-refractivity contribution in [2.75, 3.05) is 19.7 Å². The third-order valence-electron chi connectivity index (χ3n) is 4.32. The van der Waals surface area contributed by atoms with Crippen LogP contribution in [-0.2, 0) is 4.74 Å². The van der Waals surface area contributed by atoms with E-state index in [2.05, 4.69) is 42.0 Å². The van der Waals surface area contributed by atoms with E-state index in [-0.39, 0.29) is 25.6 Å². The van der Waals surface area contributed by atoms with E-state index in [1.54, 1.807) is 6.92 Å². The molecule has 1 aliphatic rings. The number of nitrogens with zero attached hydrogens (tertiary/aromatic N) is 1. The monoisotopic (exact) mass is 329 g/mol. The van der Waals surface area contributed by atoms with Crippen LogP contribution in [0.4, 0.5) is 4.79 Å². The SMILES string of the molecule is C#CCN(CC#CC)C(=O)OCC1c2ccccc2-c2ccccc21. The van der Waals surface area contributed by atoms with Crippen molar-refractivity contribution in [1.29, 1.82) is 0 Å². The number of hydrogen-bond acceptors (Lipinski definition) is 2. The van der Waals surface area contributed by atoms with E-state index in [9.17, 15) is 4.79 Å². The van der Waals surface area contributed by atoms with E-state index in [4.69, 9.17) is 11.2 Å². The molecule has 0 aromatic heterocycles. The number of hydrogen-bond donors (Lipinski definition) is 0. The molecule has 0 spiro atoms. The van der Waals surface area contributed by atoms with Crippen molar-refractivity contribution in [3.63, 3.8) is 0 Å². The third-order valence-corrected chi connectivity index (χ3v) is 4.32. The molecule has 0 bridgehead atoms. The number of ether oxygens (including phenoxy) is 1. The molecule has 0 saturated carbocycles. The predicted octanol–water partition coefficient (Wildman–Crippen LogP) is 3.89. The van der Waals surface area contributed by atoms with Crippen molar-refractivity contribution in [1.82, 2.24) is 4.90 Å². The molecule has 0 radical (unpaired) electrons. The van der Waals surface area contributed by atoms with Crippen LogP contribution < -0.4 is 0 Å². The quantitative estimate of drug-likeness (QED) is 0.796. The second-order valence-corrected chi connectivity index (χ2v) is 5.79. The Kier molecular flexibility index (Phi) is 5.07. The third kappa shape index (κ3) is 3.37. The van der Waals surface area contributed by atoms with E-state index in [1.807, 2.05) is 24.3 Å². The largest absolute Gasteiger partial charge is 0.448 e. The summed E-state index contributed by atoms with van der Waals surface area (Å²) in [5.41, 5.74) is 4.79. The maximum absolute atomic E-state index is 12.4. The summed E-state index contributed by atoms with van der Waals surface area (Å²) >= 11 is 0. The van der Waals surface area contributed by atoms with Gasteiger partial charge in [-0.1, -0.05) is 60.4 Å². The number of terminal acetylenes is 1. The summed E-state index contributed by atoms with van der Waals surface area (Å²) in [6.45, 7) is 2.47. The first-order chi connectivity index (χ1) is 12.3. The first-order valence-corrected chi connectivity index (χ1v) is 8.19. The molecule has 0 N–H and O–H groups in total. The number of fused-ring (bicyclic) bond motifs is 3. The Morgan fingerprint density at radius 1 is 1.08 bits per heavy atom. The van der Waals surface area contributed by atoms with Gasteiger partial charge in [-0.15, -0.1) is 12.3 Å². The fraction of sp³-hybridized carbons (Fsp3) is 0.227. The highest BCUT2D eigenvalue weighted by Gasteiger charge is 2.29. The average Bonchev–Trinajstić information content (AvgIpc) is 2.97. The Bertz CT molecular complexity index is 837. The second-order valence-electron chi connectivity index (χ2n) is 5.79. The molecule has 3 nitrogen and oxygen atoms in total. The van der Waals surface area contributed by atoms with Crippen LogP contribution >= 0.6 is 0 Å². The van der Waals surface area contributed by atoms with Crippen molar-refractivity contribution in [3.05, 3.63) is 59.7 Å². The van der Waals surface area contributed by atoms with E-state index in [1.165, 1.54) is 27.2 Å². The van der Waals surface area contributed by atoms with Gasteiger partial charge in [-0.3, -0.25) is 4.90 Å². The van der Waals surface area contributed by atoms with Crippen LogP contribution in [0.3, 0.4) is 0 Å². The van der Waals surface area contributed by atoms with Crippen LogP contribution in [0.2, 0.25) is 0 Å². The van der Waals surface area contributed by atoms with Gasteiger partial charge in [-0.2, -0.15) is 0 Å². The van der Waals surface area contributed by atoms with Gasteiger partial charge in [-0.25, -0.2) is 4.79 Å². The highest BCUT2D eigenvalue weighted by molar-refractivity contribution is 5.79. The standard InChI is InChI=1S/C22H19NO2/c1-3-5-15-23(14-4-2)22(24)25-16-21-19-12-8-6-10-17(19)18-11-7-9-13-20(18)21/h2,6-13,21H,14-16H2,1H3. The number of carbonyl (C=O) groups is 1. The van der Waals surface area contributed by atoms with Crippen LogP contribution in [0.1, 0.15) is 24.0 Å². The topological polar surface area (TPSA) is 29.5 Å². The normalized spacial score (nSPS) is 11.5. The first kappa shape index (κ1) is 16.7. The lowest BCUT2D eigenvalue weighted by Gasteiger charge is -2.20. The molecule has 0 fully saturated rings. The van der Waals surface area contributed by atoms with Gasteiger partial charge in [0.15, 0.2) is 0 Å². The predicted molar refractivity (Wildman–Crippen MR) is 98.9 cm³/mol. The van der Waals surface area contributed by atoms with Crippen molar-refractivity contribution >= 4 is 6.09 Å². The van der Waals surface area contributed by atoms with Crippen LogP contribution in [0.5, 0.6) is 0 Å². The summed E-state index contributed by atoms with van der Waals surface area (Å²) in [4.78, 5) is 13.8. The minimum atomic E-state index is -0.428. The summed E-state index contributed by atoms with van der Waals surface area (Å²) in [5.74, 6) is 8.14. The number of benzene rings is 2. The molecule has 3 heteroatoms. The molecule has 1 amide bonds. The molecule has 124 valence electrons. The zero-order valence-corrected chi connectivity index (χ0v) is 14.2. The van der Waals surface area contributed by atoms with E-state index in [0.29, 0.717) is 0 Å². The Balaban J connectivity index is 1.78. The summed E-state index contributed by atoms with van der Waals surface area (Å²) in [7, 11) is 0. The summed E-state index contributed by atoms with van der Waals surface area (Å²) in [6, 6.07) is 16.5. The molecule has 0 atom stereocenters. The van der Waals surface area contributed by atoms with Gasteiger partial charge < -0.3 is 4.74 Å². The fourth-order valence-corrected chi connectivity index (χ4v) is 3.15. The number of rotatable bonds is 4. The van der Waals surface area contributed by atoms with Crippen LogP contribution in [0.15, 0.2) is 48.5 Å². The minimum absolute atomic E-state index is 0.0429. The molecule has 0 aliphatic heterocycles. The lowest BCUT2D eigenvalue weighted by atomic mass is 9.98. The summed E-state index contributed by atoms with van der Waals surface area (Å²) < 4.78 is 5.58. The van der Waals surface area contributed by atoms with Crippen LogP contribution in [-0.4, -0.2) is 30.7 Å². The van der Waals surface area contributed by atoms with Gasteiger partial charge in [0.2, 0.25) is 0 Å². The molecule has 0 saturated heterocycles. The van der Waals surface area contributed by atoms with Crippen LogP contribution in [0.25, 0.3) is 11.1 Å². The molecular weight excluding hydrogens is 310 g/mol. The van der Waals surface area contributed by atoms with Gasteiger partial charge in [0, 0.05) is 5.92 Å². The molecular formula is C22H19NO2. The lowest BCUT2D eigenvalue weighted by Crippen LogP contribution is -2.33.